The summed E-state index contributed by atoms with van der Waals surface area (Å²) < 4.78 is 38.7. The van der Waals surface area contributed by atoms with Crippen LogP contribution in [0.5, 0.6) is 5.75 Å². The van der Waals surface area contributed by atoms with Gasteiger partial charge in [0.2, 0.25) is 5.95 Å². The van der Waals surface area contributed by atoms with E-state index in [1.165, 1.54) is 0 Å². The molecule has 3 heterocycles. The highest BCUT2D eigenvalue weighted by molar-refractivity contribution is 5.82. The number of imidazole rings is 1. The second-order valence-electron chi connectivity index (χ2n) is 8.92. The van der Waals surface area contributed by atoms with Crippen LogP contribution in [0.25, 0.3) is 28.2 Å². The molecule has 9 heteroatoms. The van der Waals surface area contributed by atoms with E-state index in [1.54, 1.807) is 18.2 Å². The van der Waals surface area contributed by atoms with Crippen molar-refractivity contribution in [2.24, 2.45) is 0 Å². The Kier molecular flexibility index (Phi) is 7.74. The van der Waals surface area contributed by atoms with Crippen LogP contribution in [0, 0.1) is 0 Å². The highest BCUT2D eigenvalue weighted by Gasteiger charge is 2.18. The standard InChI is InChI=1S/C29H29F2N5O2/c1-3-5-9-27-34-24-11-10-21(22-17-32-29(33-18-22)35-12-14-37-15-13-35)16-25(24)36(27)19-23-20(4-2)7-6-8-26(23)38-28(30)31/h3-4,6-8,10-11,16-18,28H,1-2,5,9,12-15,19H2. The second kappa shape index (κ2) is 11.5. The molecule has 4 aromatic rings. The van der Waals surface area contributed by atoms with E-state index in [2.05, 4.69) is 28.0 Å². The average Bonchev–Trinajstić information content (AvgIpc) is 3.29. The fourth-order valence-corrected chi connectivity index (χ4v) is 4.66. The SMILES string of the molecule is C=CCCc1nc2ccc(-c3cnc(N4CCOCC4)nc3)cc2n1Cc1c(C=C)cccc1OC(F)F. The number of aromatic nitrogens is 4. The van der Waals surface area contributed by atoms with Gasteiger partial charge in [-0.05, 0) is 35.7 Å². The summed E-state index contributed by atoms with van der Waals surface area (Å²) in [6.45, 7) is 7.93. The Bertz CT molecular complexity index is 1430. The molecule has 2 aromatic carbocycles. The highest BCUT2D eigenvalue weighted by atomic mass is 19.3. The van der Waals surface area contributed by atoms with Crippen LogP contribution in [0.2, 0.25) is 0 Å². The van der Waals surface area contributed by atoms with Gasteiger partial charge in [-0.15, -0.1) is 6.58 Å². The summed E-state index contributed by atoms with van der Waals surface area (Å²) in [7, 11) is 0. The third-order valence-corrected chi connectivity index (χ3v) is 6.59. The minimum absolute atomic E-state index is 0.122. The van der Waals surface area contributed by atoms with Gasteiger partial charge in [-0.1, -0.05) is 36.9 Å². The molecule has 38 heavy (non-hydrogen) atoms. The zero-order valence-electron chi connectivity index (χ0n) is 21.0. The molecule has 1 aliphatic heterocycles. The monoisotopic (exact) mass is 517 g/mol. The molecule has 1 aliphatic rings. The Morgan fingerprint density at radius 1 is 1.05 bits per heavy atom. The van der Waals surface area contributed by atoms with Crippen molar-refractivity contribution < 1.29 is 18.3 Å². The molecule has 0 bridgehead atoms. The van der Waals surface area contributed by atoms with Gasteiger partial charge in [0.1, 0.15) is 11.6 Å². The van der Waals surface area contributed by atoms with Gasteiger partial charge in [-0.3, -0.25) is 0 Å². The maximum atomic E-state index is 13.2. The van der Waals surface area contributed by atoms with Crippen LogP contribution in [0.15, 0.2) is 68.0 Å². The molecule has 0 unspecified atom stereocenters. The van der Waals surface area contributed by atoms with Crippen molar-refractivity contribution in [3.63, 3.8) is 0 Å². The van der Waals surface area contributed by atoms with Gasteiger partial charge < -0.3 is 18.9 Å². The molecule has 5 rings (SSSR count). The lowest BCUT2D eigenvalue weighted by molar-refractivity contribution is -0.0504. The van der Waals surface area contributed by atoms with E-state index in [4.69, 9.17) is 14.5 Å². The number of alkyl halides is 2. The minimum atomic E-state index is -2.93. The molecule has 1 saturated heterocycles. The molecule has 0 amide bonds. The summed E-state index contributed by atoms with van der Waals surface area (Å²) in [5.74, 6) is 1.64. The number of hydrogen-bond donors (Lipinski definition) is 0. The van der Waals surface area contributed by atoms with Crippen LogP contribution in [-0.2, 0) is 17.7 Å². The number of morpholine rings is 1. The zero-order valence-corrected chi connectivity index (χ0v) is 21.0. The number of benzene rings is 2. The van der Waals surface area contributed by atoms with Crippen LogP contribution in [0.1, 0.15) is 23.4 Å². The van der Waals surface area contributed by atoms with Crippen molar-refractivity contribution in [2.45, 2.75) is 26.0 Å². The average molecular weight is 518 g/mol. The molecule has 0 N–H and O–H groups in total. The van der Waals surface area contributed by atoms with Gasteiger partial charge in [0.05, 0.1) is 30.8 Å². The lowest BCUT2D eigenvalue weighted by atomic mass is 10.1. The minimum Gasteiger partial charge on any atom is -0.434 e. The molecular formula is C29H29F2N5O2. The quantitative estimate of drug-likeness (QED) is 0.250. The van der Waals surface area contributed by atoms with E-state index in [0.29, 0.717) is 37.7 Å². The van der Waals surface area contributed by atoms with Gasteiger partial charge in [0.15, 0.2) is 0 Å². The molecule has 0 atom stereocenters. The van der Waals surface area contributed by atoms with E-state index >= 15 is 0 Å². The lowest BCUT2D eigenvalue weighted by Crippen LogP contribution is -2.37. The van der Waals surface area contributed by atoms with Crippen LogP contribution in [0.4, 0.5) is 14.7 Å². The van der Waals surface area contributed by atoms with E-state index < -0.39 is 6.61 Å². The van der Waals surface area contributed by atoms with Crippen LogP contribution in [-0.4, -0.2) is 52.4 Å². The number of hydrogen-bond acceptors (Lipinski definition) is 6. The largest absolute Gasteiger partial charge is 0.434 e. The first-order valence-electron chi connectivity index (χ1n) is 12.5. The van der Waals surface area contributed by atoms with Crippen molar-refractivity contribution in [3.8, 4) is 16.9 Å². The Hall–Kier alpha value is -4.11. The van der Waals surface area contributed by atoms with Crippen LogP contribution < -0.4 is 9.64 Å². The van der Waals surface area contributed by atoms with E-state index in [-0.39, 0.29) is 5.75 Å². The lowest BCUT2D eigenvalue weighted by Gasteiger charge is -2.26. The number of halogens is 2. The molecule has 196 valence electrons. The Labute approximate surface area is 220 Å². The molecule has 1 fully saturated rings. The molecular weight excluding hydrogens is 488 g/mol. The summed E-state index contributed by atoms with van der Waals surface area (Å²) in [5.41, 5.74) is 4.83. The predicted molar refractivity (Wildman–Crippen MR) is 145 cm³/mol. The number of nitrogens with zero attached hydrogens (tertiary/aromatic N) is 5. The zero-order chi connectivity index (χ0) is 26.5. The van der Waals surface area contributed by atoms with Gasteiger partial charge >= 0.3 is 6.61 Å². The first-order chi connectivity index (χ1) is 18.6. The maximum absolute atomic E-state index is 13.2. The van der Waals surface area contributed by atoms with Crippen molar-refractivity contribution in [2.75, 3.05) is 31.2 Å². The highest BCUT2D eigenvalue weighted by Crippen LogP contribution is 2.31. The van der Waals surface area contributed by atoms with Crippen molar-refractivity contribution in [1.29, 1.82) is 0 Å². The van der Waals surface area contributed by atoms with Gasteiger partial charge in [-0.25, -0.2) is 15.0 Å². The normalized spacial score (nSPS) is 13.7. The molecule has 2 aromatic heterocycles. The van der Waals surface area contributed by atoms with Crippen molar-refractivity contribution in [1.82, 2.24) is 19.5 Å². The van der Waals surface area contributed by atoms with Crippen LogP contribution >= 0.6 is 0 Å². The first-order valence-corrected chi connectivity index (χ1v) is 12.5. The molecule has 0 saturated carbocycles. The van der Waals surface area contributed by atoms with Gasteiger partial charge in [0, 0.05) is 43.0 Å². The van der Waals surface area contributed by atoms with Crippen molar-refractivity contribution >= 4 is 23.1 Å². The first kappa shape index (κ1) is 25.5. The third kappa shape index (κ3) is 5.43. The maximum Gasteiger partial charge on any atom is 0.387 e. The number of allylic oxidation sites excluding steroid dienone is 1. The summed E-state index contributed by atoms with van der Waals surface area (Å²) in [4.78, 5) is 16.1. The van der Waals surface area contributed by atoms with E-state index in [0.717, 1.165) is 53.1 Å². The Morgan fingerprint density at radius 3 is 2.55 bits per heavy atom. The smallest absolute Gasteiger partial charge is 0.387 e. The molecule has 0 radical (unpaired) electrons. The fourth-order valence-electron chi connectivity index (χ4n) is 4.66. The van der Waals surface area contributed by atoms with E-state index in [1.807, 2.05) is 47.3 Å². The summed E-state index contributed by atoms with van der Waals surface area (Å²) in [6.07, 6.45) is 8.52. The summed E-state index contributed by atoms with van der Waals surface area (Å²) >= 11 is 0. The Balaban J connectivity index is 1.54. The number of ether oxygens (including phenoxy) is 2. The van der Waals surface area contributed by atoms with Crippen molar-refractivity contribution in [3.05, 3.63) is 85.0 Å². The number of fused-ring (bicyclic) bond motifs is 1. The summed E-state index contributed by atoms with van der Waals surface area (Å²) in [5, 5.41) is 0. The Morgan fingerprint density at radius 2 is 1.84 bits per heavy atom. The molecule has 0 aliphatic carbocycles. The van der Waals surface area contributed by atoms with Gasteiger partial charge in [-0.2, -0.15) is 8.78 Å². The second-order valence-corrected chi connectivity index (χ2v) is 8.92. The van der Waals surface area contributed by atoms with E-state index in [9.17, 15) is 8.78 Å². The molecule has 7 nitrogen and oxygen atoms in total. The molecule has 0 spiro atoms. The number of aryl methyl sites for hydroxylation is 1. The number of rotatable bonds is 10. The summed E-state index contributed by atoms with van der Waals surface area (Å²) in [6, 6.07) is 11.1. The topological polar surface area (TPSA) is 65.3 Å². The van der Waals surface area contributed by atoms with Crippen LogP contribution in [0.3, 0.4) is 0 Å². The number of anilines is 1. The van der Waals surface area contributed by atoms with Gasteiger partial charge in [0.25, 0.3) is 0 Å². The third-order valence-electron chi connectivity index (χ3n) is 6.59. The fraction of sp³-hybridized carbons (Fsp3) is 0.276. The predicted octanol–water partition coefficient (Wildman–Crippen LogP) is 5.74.